The summed E-state index contributed by atoms with van der Waals surface area (Å²) in [5.74, 6) is 0.602. The Labute approximate surface area is 220 Å². The van der Waals surface area contributed by atoms with E-state index in [0.717, 1.165) is 16.3 Å². The third-order valence-corrected chi connectivity index (χ3v) is 8.01. The summed E-state index contributed by atoms with van der Waals surface area (Å²) in [6.07, 6.45) is 4.92. The van der Waals surface area contributed by atoms with Gasteiger partial charge in [-0.15, -0.1) is 11.3 Å². The van der Waals surface area contributed by atoms with E-state index in [4.69, 9.17) is 0 Å². The minimum atomic E-state index is -3.93. The van der Waals surface area contributed by atoms with Gasteiger partial charge in [0.2, 0.25) is 10.0 Å². The Morgan fingerprint density at radius 3 is 2.43 bits per heavy atom. The van der Waals surface area contributed by atoms with Gasteiger partial charge in [0.25, 0.3) is 0 Å². The largest absolute Gasteiger partial charge is 0.388 e. The number of anilines is 2. The number of hydrogen-bond acceptors (Lipinski definition) is 7. The molecule has 0 aliphatic rings. The van der Waals surface area contributed by atoms with Gasteiger partial charge in [0.1, 0.15) is 10.8 Å². The van der Waals surface area contributed by atoms with Gasteiger partial charge in [-0.2, -0.15) is 0 Å². The number of benzene rings is 2. The van der Waals surface area contributed by atoms with Crippen LogP contribution >= 0.6 is 11.3 Å². The summed E-state index contributed by atoms with van der Waals surface area (Å²) in [7, 11) is -2.08. The topological polar surface area (TPSA) is 141 Å². The first kappa shape index (κ1) is 26.3. The molecule has 0 bridgehead atoms. The molecule has 0 saturated heterocycles. The highest BCUT2D eigenvalue weighted by Crippen LogP contribution is 2.37. The van der Waals surface area contributed by atoms with E-state index in [0.29, 0.717) is 22.0 Å². The zero-order valence-electron chi connectivity index (χ0n) is 20.9. The third-order valence-electron chi connectivity index (χ3n) is 5.13. The molecule has 0 aliphatic carbocycles. The zero-order valence-corrected chi connectivity index (χ0v) is 22.5. The Bertz CT molecular complexity index is 1470. The molecule has 4 aromatic rings. The number of carbonyl (C=O) groups excluding carboxylic acids is 1. The minimum Gasteiger partial charge on any atom is -0.388 e. The number of sulfonamides is 1. The van der Waals surface area contributed by atoms with Crippen molar-refractivity contribution >= 4 is 38.8 Å². The molecular weight excluding hydrogens is 510 g/mol. The van der Waals surface area contributed by atoms with E-state index in [-0.39, 0.29) is 11.4 Å². The monoisotopic (exact) mass is 539 g/mol. The molecule has 0 unspecified atom stereocenters. The predicted molar refractivity (Wildman–Crippen MR) is 147 cm³/mol. The number of imidazole rings is 1. The number of rotatable bonds is 8. The fraction of sp³-hybridized carbons (Fsp3) is 0.240. The molecule has 2 heterocycles. The first-order chi connectivity index (χ1) is 17.5. The van der Waals surface area contributed by atoms with Crippen molar-refractivity contribution < 1.29 is 13.2 Å². The third kappa shape index (κ3) is 6.73. The summed E-state index contributed by atoms with van der Waals surface area (Å²) in [5, 5.41) is 9.23. The summed E-state index contributed by atoms with van der Waals surface area (Å²) in [4.78, 5) is 24.6. The van der Waals surface area contributed by atoms with Crippen molar-refractivity contribution in [3.8, 4) is 21.0 Å². The van der Waals surface area contributed by atoms with E-state index in [1.165, 1.54) is 17.4 Å². The Balaban J connectivity index is 1.65. The fourth-order valence-corrected chi connectivity index (χ4v) is 6.22. The van der Waals surface area contributed by atoms with E-state index in [1.807, 2.05) is 31.3 Å². The second-order valence-electron chi connectivity index (χ2n) is 9.27. The van der Waals surface area contributed by atoms with Crippen LogP contribution < -0.4 is 20.7 Å². The van der Waals surface area contributed by atoms with Crippen LogP contribution in [-0.4, -0.2) is 42.0 Å². The van der Waals surface area contributed by atoms with Crippen LogP contribution in [0.3, 0.4) is 0 Å². The quantitative estimate of drug-likeness (QED) is 0.221. The van der Waals surface area contributed by atoms with Crippen molar-refractivity contribution in [2.45, 2.75) is 37.8 Å². The number of H-pyrrole nitrogens is 1. The van der Waals surface area contributed by atoms with Crippen LogP contribution in [0.2, 0.25) is 0 Å². The maximum atomic E-state index is 13.4. The van der Waals surface area contributed by atoms with Gasteiger partial charge < -0.3 is 20.9 Å². The molecule has 0 fully saturated rings. The average molecular weight is 540 g/mol. The first-order valence-electron chi connectivity index (χ1n) is 11.5. The van der Waals surface area contributed by atoms with Gasteiger partial charge in [0.15, 0.2) is 0 Å². The molecule has 0 atom stereocenters. The van der Waals surface area contributed by atoms with Gasteiger partial charge in [-0.25, -0.2) is 27.9 Å². The Morgan fingerprint density at radius 1 is 1.05 bits per heavy atom. The predicted octanol–water partition coefficient (Wildman–Crippen LogP) is 4.64. The molecule has 10 nitrogen and oxygen atoms in total. The first-order valence-corrected chi connectivity index (χ1v) is 13.8. The zero-order chi connectivity index (χ0) is 26.6. The molecule has 0 radical (unpaired) electrons. The van der Waals surface area contributed by atoms with Crippen LogP contribution in [0.25, 0.3) is 21.0 Å². The van der Waals surface area contributed by atoms with Gasteiger partial charge >= 0.3 is 6.03 Å². The maximum Gasteiger partial charge on any atom is 0.319 e. The fourth-order valence-electron chi connectivity index (χ4n) is 3.53. The number of thiazole rings is 1. The number of aromatic nitrogens is 3. The Kier molecular flexibility index (Phi) is 7.62. The number of nitrogens with one attached hydrogen (secondary N) is 5. The lowest BCUT2D eigenvalue weighted by Gasteiger charge is -2.22. The lowest BCUT2D eigenvalue weighted by molar-refractivity contribution is 0.251. The normalized spacial score (nSPS) is 11.8. The minimum absolute atomic E-state index is 0.0481. The molecule has 0 spiro atoms. The number of urea groups is 1. The van der Waals surface area contributed by atoms with Gasteiger partial charge in [-0.05, 0) is 57.2 Å². The van der Waals surface area contributed by atoms with Crippen LogP contribution in [0.5, 0.6) is 0 Å². The summed E-state index contributed by atoms with van der Waals surface area (Å²) in [5.41, 5.74) is 2.04. The average Bonchev–Trinajstić information content (AvgIpc) is 3.54. The highest BCUT2D eigenvalue weighted by Gasteiger charge is 2.26. The summed E-state index contributed by atoms with van der Waals surface area (Å²) < 4.78 is 29.6. The van der Waals surface area contributed by atoms with Gasteiger partial charge in [0.05, 0.1) is 16.3 Å². The molecule has 4 rings (SSSR count). The van der Waals surface area contributed by atoms with Crippen LogP contribution in [0, 0.1) is 0 Å². The van der Waals surface area contributed by atoms with Crippen molar-refractivity contribution in [1.29, 1.82) is 0 Å². The Hall–Kier alpha value is -3.74. The SMILES string of the molecule is CNc1ccc(-c2ncc(-c3ccc(NC(=O)NCc4ncc[nH]4)cc3S(=O)(=O)NC(C)(C)C)s2)cc1. The number of hydrogen-bond donors (Lipinski definition) is 5. The van der Waals surface area contributed by atoms with Crippen molar-refractivity contribution in [2.24, 2.45) is 0 Å². The molecule has 194 valence electrons. The molecule has 37 heavy (non-hydrogen) atoms. The maximum absolute atomic E-state index is 13.4. The highest BCUT2D eigenvalue weighted by atomic mass is 32.2. The molecule has 2 amide bonds. The van der Waals surface area contributed by atoms with E-state index < -0.39 is 21.6 Å². The van der Waals surface area contributed by atoms with Gasteiger partial charge in [-0.3, -0.25) is 0 Å². The number of nitrogens with zero attached hydrogens (tertiary/aromatic N) is 2. The van der Waals surface area contributed by atoms with E-state index in [9.17, 15) is 13.2 Å². The smallest absolute Gasteiger partial charge is 0.319 e. The summed E-state index contributed by atoms with van der Waals surface area (Å²) in [6.45, 7) is 5.52. The molecule has 2 aromatic heterocycles. The van der Waals surface area contributed by atoms with Crippen molar-refractivity contribution in [1.82, 2.24) is 25.0 Å². The molecule has 0 aliphatic heterocycles. The standard InChI is InChI=1S/C25H29N7O3S2/c1-25(2,3)32-37(34,35)21-13-18(31-24(33)30-15-22-27-11-12-28-22)9-10-19(21)20-14-29-23(36-20)16-5-7-17(26-4)8-6-16/h5-14,26,32H,15H2,1-4H3,(H,27,28)(H2,30,31,33). The van der Waals surface area contributed by atoms with E-state index >= 15 is 0 Å². The number of carbonyl (C=O) groups is 1. The molecule has 12 heteroatoms. The molecular formula is C25H29N7O3S2. The van der Waals surface area contributed by atoms with Crippen molar-refractivity contribution in [2.75, 3.05) is 17.7 Å². The summed E-state index contributed by atoms with van der Waals surface area (Å²) in [6, 6.07) is 12.1. The lowest BCUT2D eigenvalue weighted by atomic mass is 10.1. The van der Waals surface area contributed by atoms with E-state index in [2.05, 4.69) is 35.6 Å². The highest BCUT2D eigenvalue weighted by molar-refractivity contribution is 7.89. The van der Waals surface area contributed by atoms with Gasteiger partial charge in [-0.1, -0.05) is 6.07 Å². The summed E-state index contributed by atoms with van der Waals surface area (Å²) >= 11 is 1.39. The number of amides is 2. The van der Waals surface area contributed by atoms with Crippen LogP contribution in [0.4, 0.5) is 16.2 Å². The molecule has 5 N–H and O–H groups in total. The van der Waals surface area contributed by atoms with Crippen LogP contribution in [0.1, 0.15) is 26.6 Å². The molecule has 0 saturated carbocycles. The second-order valence-corrected chi connectivity index (χ2v) is 11.9. The Morgan fingerprint density at radius 2 is 1.78 bits per heavy atom. The second kappa shape index (κ2) is 10.7. The van der Waals surface area contributed by atoms with Crippen molar-refractivity contribution in [3.63, 3.8) is 0 Å². The number of aromatic amines is 1. The molecule has 2 aromatic carbocycles. The van der Waals surface area contributed by atoms with Crippen molar-refractivity contribution in [3.05, 3.63) is 66.9 Å². The van der Waals surface area contributed by atoms with Gasteiger partial charge in [0, 0.05) is 53.7 Å². The van der Waals surface area contributed by atoms with Crippen LogP contribution in [0.15, 0.2) is 66.0 Å². The van der Waals surface area contributed by atoms with Crippen LogP contribution in [-0.2, 0) is 16.6 Å². The van der Waals surface area contributed by atoms with E-state index in [1.54, 1.807) is 51.5 Å². The lowest BCUT2D eigenvalue weighted by Crippen LogP contribution is -2.40.